The van der Waals surface area contributed by atoms with Crippen LogP contribution in [0, 0.1) is 0 Å². The van der Waals surface area contributed by atoms with Gasteiger partial charge in [-0.25, -0.2) is 14.2 Å². The lowest BCUT2D eigenvalue weighted by atomic mass is 10.1. The fraction of sp³-hybridized carbons (Fsp3) is 0.0938. The van der Waals surface area contributed by atoms with Crippen molar-refractivity contribution in [3.05, 3.63) is 142 Å². The standard InChI is InChI=1S/C32H24N2O6/c35-30-27-19-25(40-24-13-12-22-9-4-5-10-23(22)18-24)14-15-28(27)33(20-26-11-6-16-39-26)32(38)34(30)29(31(36)37)17-21-7-2-1-3-8-21/h1-16,18-19,29H,17,20H2,(H,36,37)/t29-/m0/s1. The van der Waals surface area contributed by atoms with Crippen molar-refractivity contribution in [1.29, 1.82) is 0 Å². The predicted octanol–water partition coefficient (Wildman–Crippen LogP) is 5.62. The van der Waals surface area contributed by atoms with Crippen LogP contribution >= 0.6 is 0 Å². The zero-order valence-corrected chi connectivity index (χ0v) is 21.3. The van der Waals surface area contributed by atoms with Gasteiger partial charge in [-0.15, -0.1) is 0 Å². The summed E-state index contributed by atoms with van der Waals surface area (Å²) in [6, 6.07) is 29.3. The maximum absolute atomic E-state index is 13.8. The van der Waals surface area contributed by atoms with Crippen molar-refractivity contribution in [3.63, 3.8) is 0 Å². The minimum absolute atomic E-state index is 0.0190. The van der Waals surface area contributed by atoms with Crippen LogP contribution in [-0.2, 0) is 17.8 Å². The highest BCUT2D eigenvalue weighted by atomic mass is 16.5. The molecule has 0 saturated carbocycles. The minimum Gasteiger partial charge on any atom is -0.480 e. The summed E-state index contributed by atoms with van der Waals surface area (Å²) in [7, 11) is 0. The Labute approximate surface area is 227 Å². The molecule has 0 fully saturated rings. The molecule has 2 heterocycles. The van der Waals surface area contributed by atoms with E-state index in [9.17, 15) is 19.5 Å². The van der Waals surface area contributed by atoms with E-state index in [1.807, 2.05) is 48.5 Å². The van der Waals surface area contributed by atoms with Gasteiger partial charge in [-0.1, -0.05) is 60.7 Å². The number of aliphatic carboxylic acids is 1. The summed E-state index contributed by atoms with van der Waals surface area (Å²) in [6.07, 6.45) is 1.45. The molecule has 1 atom stereocenters. The van der Waals surface area contributed by atoms with Crippen molar-refractivity contribution in [2.75, 3.05) is 0 Å². The summed E-state index contributed by atoms with van der Waals surface area (Å²) < 4.78 is 13.7. The molecule has 2 aromatic heterocycles. The molecule has 0 radical (unpaired) electrons. The molecule has 1 N–H and O–H groups in total. The summed E-state index contributed by atoms with van der Waals surface area (Å²) in [6.45, 7) is 0.0190. The number of carbonyl (C=O) groups is 1. The van der Waals surface area contributed by atoms with Gasteiger partial charge in [0.15, 0.2) is 0 Å². The second-order valence-electron chi connectivity index (χ2n) is 9.46. The number of carboxylic acid groups (broad SMARTS) is 1. The topological polar surface area (TPSA) is 104 Å². The number of benzene rings is 4. The zero-order valence-electron chi connectivity index (χ0n) is 21.3. The van der Waals surface area contributed by atoms with Gasteiger partial charge >= 0.3 is 11.7 Å². The van der Waals surface area contributed by atoms with Crippen LogP contribution in [0.4, 0.5) is 0 Å². The van der Waals surface area contributed by atoms with Crippen molar-refractivity contribution < 1.29 is 19.1 Å². The van der Waals surface area contributed by atoms with Crippen molar-refractivity contribution in [2.45, 2.75) is 19.0 Å². The van der Waals surface area contributed by atoms with Gasteiger partial charge in [0.05, 0.1) is 23.7 Å². The Morgan fingerprint density at radius 1 is 0.825 bits per heavy atom. The third kappa shape index (κ3) is 4.78. The molecule has 0 bridgehead atoms. The predicted molar refractivity (Wildman–Crippen MR) is 151 cm³/mol. The maximum Gasteiger partial charge on any atom is 0.332 e. The second kappa shape index (κ2) is 10.4. The first-order chi connectivity index (χ1) is 19.5. The Hall–Kier alpha value is -5.37. The van der Waals surface area contributed by atoms with Crippen molar-refractivity contribution in [3.8, 4) is 11.5 Å². The van der Waals surface area contributed by atoms with E-state index >= 15 is 0 Å². The highest BCUT2D eigenvalue weighted by molar-refractivity contribution is 5.84. The number of ether oxygens (including phenoxy) is 1. The van der Waals surface area contributed by atoms with Gasteiger partial charge < -0.3 is 14.3 Å². The molecule has 4 aromatic carbocycles. The molecule has 0 aliphatic rings. The highest BCUT2D eigenvalue weighted by Crippen LogP contribution is 2.28. The first-order valence-electron chi connectivity index (χ1n) is 12.7. The van der Waals surface area contributed by atoms with Crippen LogP contribution in [0.2, 0.25) is 0 Å². The third-order valence-electron chi connectivity index (χ3n) is 6.86. The van der Waals surface area contributed by atoms with E-state index in [0.717, 1.165) is 15.3 Å². The number of furan rings is 1. The quantitative estimate of drug-likeness (QED) is 0.273. The number of hydrogen-bond acceptors (Lipinski definition) is 5. The molecule has 0 spiro atoms. The Kier molecular flexibility index (Phi) is 6.49. The molecule has 198 valence electrons. The lowest BCUT2D eigenvalue weighted by Crippen LogP contribution is -2.45. The zero-order chi connectivity index (χ0) is 27.6. The molecule has 0 unspecified atom stereocenters. The fourth-order valence-corrected chi connectivity index (χ4v) is 4.91. The fourth-order valence-electron chi connectivity index (χ4n) is 4.91. The monoisotopic (exact) mass is 532 g/mol. The Morgan fingerprint density at radius 2 is 1.55 bits per heavy atom. The largest absolute Gasteiger partial charge is 0.480 e. The average molecular weight is 533 g/mol. The summed E-state index contributed by atoms with van der Waals surface area (Å²) in [5.41, 5.74) is -0.409. The molecule has 0 aliphatic carbocycles. The van der Waals surface area contributed by atoms with E-state index in [0.29, 0.717) is 28.3 Å². The number of rotatable bonds is 8. The van der Waals surface area contributed by atoms with Crippen molar-refractivity contribution in [1.82, 2.24) is 9.13 Å². The van der Waals surface area contributed by atoms with E-state index in [1.165, 1.54) is 10.8 Å². The second-order valence-corrected chi connectivity index (χ2v) is 9.46. The van der Waals surface area contributed by atoms with Gasteiger partial charge in [-0.3, -0.25) is 9.36 Å². The van der Waals surface area contributed by atoms with E-state index in [2.05, 4.69) is 0 Å². The van der Waals surface area contributed by atoms with Gasteiger partial charge in [0.1, 0.15) is 23.3 Å². The van der Waals surface area contributed by atoms with Crippen LogP contribution in [0.5, 0.6) is 11.5 Å². The van der Waals surface area contributed by atoms with Gasteiger partial charge in [-0.05, 0) is 58.8 Å². The lowest BCUT2D eigenvalue weighted by Gasteiger charge is -2.19. The van der Waals surface area contributed by atoms with Crippen LogP contribution in [-0.4, -0.2) is 20.2 Å². The molecule has 0 saturated heterocycles. The first kappa shape index (κ1) is 24.9. The molecule has 8 nitrogen and oxygen atoms in total. The molecule has 6 rings (SSSR count). The van der Waals surface area contributed by atoms with Crippen LogP contribution < -0.4 is 16.0 Å². The first-order valence-corrected chi connectivity index (χ1v) is 12.7. The molecular formula is C32H24N2O6. The summed E-state index contributed by atoms with van der Waals surface area (Å²) in [5.74, 6) is 0.162. The lowest BCUT2D eigenvalue weighted by molar-refractivity contribution is -0.141. The van der Waals surface area contributed by atoms with E-state index < -0.39 is 23.3 Å². The highest BCUT2D eigenvalue weighted by Gasteiger charge is 2.27. The molecule has 0 amide bonds. The molecule has 40 heavy (non-hydrogen) atoms. The van der Waals surface area contributed by atoms with Crippen LogP contribution in [0.25, 0.3) is 21.7 Å². The number of nitrogens with zero attached hydrogens (tertiary/aromatic N) is 2. The molecule has 8 heteroatoms. The summed E-state index contributed by atoms with van der Waals surface area (Å²) in [5, 5.41) is 12.4. The average Bonchev–Trinajstić information content (AvgIpc) is 3.49. The van der Waals surface area contributed by atoms with E-state index in [-0.39, 0.29) is 18.4 Å². The molecular weight excluding hydrogens is 508 g/mol. The molecule has 6 aromatic rings. The van der Waals surface area contributed by atoms with Crippen LogP contribution in [0.15, 0.2) is 123 Å². The minimum atomic E-state index is -1.42. The van der Waals surface area contributed by atoms with Crippen LogP contribution in [0.1, 0.15) is 17.4 Å². The number of carboxylic acids is 1. The Morgan fingerprint density at radius 3 is 2.30 bits per heavy atom. The Balaban J connectivity index is 1.50. The van der Waals surface area contributed by atoms with Gasteiger partial charge in [0, 0.05) is 6.42 Å². The summed E-state index contributed by atoms with van der Waals surface area (Å²) in [4.78, 5) is 40.0. The van der Waals surface area contributed by atoms with Gasteiger partial charge in [0.25, 0.3) is 5.56 Å². The maximum atomic E-state index is 13.8. The number of hydrogen-bond donors (Lipinski definition) is 1. The number of aromatic nitrogens is 2. The van der Waals surface area contributed by atoms with E-state index in [1.54, 1.807) is 54.6 Å². The van der Waals surface area contributed by atoms with Crippen LogP contribution in [0.3, 0.4) is 0 Å². The third-order valence-corrected chi connectivity index (χ3v) is 6.86. The SMILES string of the molecule is O=C(O)[C@H](Cc1ccccc1)n1c(=O)c2cc(Oc3ccc4ccccc4c3)ccc2n(Cc2ccco2)c1=O. The smallest absolute Gasteiger partial charge is 0.332 e. The number of fused-ring (bicyclic) bond motifs is 2. The Bertz CT molecular complexity index is 1960. The van der Waals surface area contributed by atoms with Crippen molar-refractivity contribution >= 4 is 27.6 Å². The van der Waals surface area contributed by atoms with Gasteiger partial charge in [0.2, 0.25) is 0 Å². The molecule has 0 aliphatic heterocycles. The van der Waals surface area contributed by atoms with E-state index in [4.69, 9.17) is 9.15 Å². The normalized spacial score (nSPS) is 12.0. The van der Waals surface area contributed by atoms with Gasteiger partial charge in [-0.2, -0.15) is 0 Å². The summed E-state index contributed by atoms with van der Waals surface area (Å²) >= 11 is 0. The van der Waals surface area contributed by atoms with Crippen molar-refractivity contribution in [2.24, 2.45) is 0 Å².